The SMILES string of the molecule is [CH][CH]c1ccc(-c2ncccn2)cn1. The van der Waals surface area contributed by atoms with Gasteiger partial charge in [-0.1, -0.05) is 0 Å². The molecule has 2 heterocycles. The van der Waals surface area contributed by atoms with Gasteiger partial charge in [-0.15, -0.1) is 0 Å². The van der Waals surface area contributed by atoms with Crippen LogP contribution in [0.3, 0.4) is 0 Å². The molecule has 3 heteroatoms. The number of hydrogen-bond donors (Lipinski definition) is 0. The highest BCUT2D eigenvalue weighted by molar-refractivity contribution is 5.53. The molecule has 0 fully saturated rings. The molecular weight excluding hydrogens is 174 g/mol. The van der Waals surface area contributed by atoms with Crippen molar-refractivity contribution in [1.82, 2.24) is 15.0 Å². The minimum Gasteiger partial charge on any atom is -0.260 e. The summed E-state index contributed by atoms with van der Waals surface area (Å²) in [5.41, 5.74) is 1.63. The van der Waals surface area contributed by atoms with Gasteiger partial charge in [0, 0.05) is 36.3 Å². The van der Waals surface area contributed by atoms with Gasteiger partial charge < -0.3 is 0 Å². The monoisotopic (exact) mass is 182 g/mol. The van der Waals surface area contributed by atoms with E-state index in [2.05, 4.69) is 15.0 Å². The fraction of sp³-hybridized carbons (Fsp3) is 0. The molecule has 67 valence electrons. The third-order valence-electron chi connectivity index (χ3n) is 1.78. The van der Waals surface area contributed by atoms with Crippen LogP contribution >= 0.6 is 0 Å². The zero-order valence-electron chi connectivity index (χ0n) is 7.46. The first kappa shape index (κ1) is 8.81. The molecule has 0 aliphatic carbocycles. The standard InChI is InChI=1S/C11H8N3/c1-2-10-5-4-9(8-14-10)11-12-6-3-7-13-11/h1-8H. The first-order chi connectivity index (χ1) is 6.90. The maximum absolute atomic E-state index is 5.32. The molecule has 0 bridgehead atoms. The third-order valence-corrected chi connectivity index (χ3v) is 1.78. The van der Waals surface area contributed by atoms with E-state index in [1.54, 1.807) is 24.7 Å². The Bertz CT molecular complexity index is 395. The van der Waals surface area contributed by atoms with E-state index in [1.807, 2.05) is 12.1 Å². The van der Waals surface area contributed by atoms with Crippen molar-refractivity contribution in [2.24, 2.45) is 0 Å². The van der Waals surface area contributed by atoms with Crippen molar-refractivity contribution in [3.63, 3.8) is 0 Å². The molecule has 0 spiro atoms. The highest BCUT2D eigenvalue weighted by Gasteiger charge is 1.99. The van der Waals surface area contributed by atoms with E-state index in [4.69, 9.17) is 6.92 Å². The topological polar surface area (TPSA) is 38.7 Å². The van der Waals surface area contributed by atoms with Crippen LogP contribution in [0.15, 0.2) is 36.8 Å². The molecular formula is C11H8N3. The lowest BCUT2D eigenvalue weighted by molar-refractivity contribution is 1.15. The van der Waals surface area contributed by atoms with Crippen molar-refractivity contribution in [1.29, 1.82) is 0 Å². The predicted molar refractivity (Wildman–Crippen MR) is 53.0 cm³/mol. The lowest BCUT2D eigenvalue weighted by Crippen LogP contribution is -1.89. The molecule has 0 aromatic carbocycles. The molecule has 2 aromatic rings. The van der Waals surface area contributed by atoms with Gasteiger partial charge in [0.05, 0.1) is 0 Å². The van der Waals surface area contributed by atoms with Gasteiger partial charge in [0.25, 0.3) is 0 Å². The fourth-order valence-corrected chi connectivity index (χ4v) is 1.08. The normalized spacial score (nSPS) is 10.1. The Labute approximate surface area is 82.9 Å². The van der Waals surface area contributed by atoms with Crippen LogP contribution in [-0.4, -0.2) is 15.0 Å². The highest BCUT2D eigenvalue weighted by Crippen LogP contribution is 2.12. The van der Waals surface area contributed by atoms with Gasteiger partial charge in [0.2, 0.25) is 0 Å². The van der Waals surface area contributed by atoms with E-state index in [9.17, 15) is 0 Å². The van der Waals surface area contributed by atoms with Crippen molar-refractivity contribution < 1.29 is 0 Å². The Morgan fingerprint density at radius 2 is 1.86 bits per heavy atom. The van der Waals surface area contributed by atoms with Crippen LogP contribution in [0, 0.1) is 13.3 Å². The molecule has 0 atom stereocenters. The average Bonchev–Trinajstić information content (AvgIpc) is 2.30. The molecule has 14 heavy (non-hydrogen) atoms. The molecule has 0 amide bonds. The highest BCUT2D eigenvalue weighted by atomic mass is 14.9. The van der Waals surface area contributed by atoms with Crippen molar-refractivity contribution in [2.45, 2.75) is 0 Å². The van der Waals surface area contributed by atoms with Crippen LogP contribution in [0.25, 0.3) is 11.4 Å². The van der Waals surface area contributed by atoms with Gasteiger partial charge in [0.15, 0.2) is 5.82 Å². The molecule has 0 unspecified atom stereocenters. The molecule has 0 N–H and O–H groups in total. The minimum absolute atomic E-state index is 0.670. The summed E-state index contributed by atoms with van der Waals surface area (Å²) in [6.07, 6.45) is 6.56. The van der Waals surface area contributed by atoms with Crippen LogP contribution in [-0.2, 0) is 0 Å². The molecule has 3 nitrogen and oxygen atoms in total. The van der Waals surface area contributed by atoms with Crippen LogP contribution < -0.4 is 0 Å². The Balaban J connectivity index is 2.34. The van der Waals surface area contributed by atoms with Crippen molar-refractivity contribution in [3.05, 3.63) is 55.8 Å². The van der Waals surface area contributed by atoms with Gasteiger partial charge in [-0.05, 0) is 25.1 Å². The summed E-state index contributed by atoms with van der Waals surface area (Å²) >= 11 is 0. The van der Waals surface area contributed by atoms with E-state index < -0.39 is 0 Å². The van der Waals surface area contributed by atoms with Crippen LogP contribution in [0.2, 0.25) is 0 Å². The molecule has 0 saturated heterocycles. The summed E-state index contributed by atoms with van der Waals surface area (Å²) in [6, 6.07) is 5.49. The third kappa shape index (κ3) is 1.76. The van der Waals surface area contributed by atoms with Crippen molar-refractivity contribution in [3.8, 4) is 11.4 Å². The zero-order chi connectivity index (χ0) is 9.80. The largest absolute Gasteiger partial charge is 0.260 e. The number of hydrogen-bond acceptors (Lipinski definition) is 3. The molecule has 2 aromatic heterocycles. The summed E-state index contributed by atoms with van der Waals surface area (Å²) in [6.45, 7) is 5.32. The van der Waals surface area contributed by atoms with Gasteiger partial charge in [0.1, 0.15) is 0 Å². The fourth-order valence-electron chi connectivity index (χ4n) is 1.08. The Morgan fingerprint density at radius 1 is 1.07 bits per heavy atom. The van der Waals surface area contributed by atoms with E-state index in [0.29, 0.717) is 5.82 Å². The second kappa shape index (κ2) is 3.96. The summed E-state index contributed by atoms with van der Waals surface area (Å²) in [5, 5.41) is 0. The number of nitrogens with zero attached hydrogens (tertiary/aromatic N) is 3. The molecule has 0 aliphatic heterocycles. The molecule has 2 rings (SSSR count). The van der Waals surface area contributed by atoms with Crippen molar-refractivity contribution in [2.75, 3.05) is 0 Å². The summed E-state index contributed by atoms with van der Waals surface area (Å²) < 4.78 is 0. The summed E-state index contributed by atoms with van der Waals surface area (Å²) in [5.74, 6) is 0.670. The Hall–Kier alpha value is -1.77. The van der Waals surface area contributed by atoms with Crippen LogP contribution in [0.5, 0.6) is 0 Å². The number of aromatic nitrogens is 3. The summed E-state index contributed by atoms with van der Waals surface area (Å²) in [7, 11) is 0. The number of rotatable bonds is 2. The first-order valence-corrected chi connectivity index (χ1v) is 4.18. The molecule has 3 radical (unpaired) electrons. The lowest BCUT2D eigenvalue weighted by atomic mass is 10.2. The maximum Gasteiger partial charge on any atom is 0.160 e. The van der Waals surface area contributed by atoms with Gasteiger partial charge >= 0.3 is 0 Å². The Morgan fingerprint density at radius 3 is 2.43 bits per heavy atom. The van der Waals surface area contributed by atoms with Crippen LogP contribution in [0.4, 0.5) is 0 Å². The summed E-state index contributed by atoms with van der Waals surface area (Å²) in [4.78, 5) is 12.3. The van der Waals surface area contributed by atoms with Crippen LogP contribution in [0.1, 0.15) is 5.69 Å². The van der Waals surface area contributed by atoms with E-state index in [-0.39, 0.29) is 0 Å². The second-order valence-electron chi connectivity index (χ2n) is 2.71. The van der Waals surface area contributed by atoms with Gasteiger partial charge in [-0.3, -0.25) is 4.98 Å². The quantitative estimate of drug-likeness (QED) is 0.710. The lowest BCUT2D eigenvalue weighted by Gasteiger charge is -1.99. The van der Waals surface area contributed by atoms with E-state index in [0.717, 1.165) is 11.3 Å². The molecule has 0 aliphatic rings. The van der Waals surface area contributed by atoms with Gasteiger partial charge in [-0.25, -0.2) is 9.97 Å². The van der Waals surface area contributed by atoms with E-state index >= 15 is 0 Å². The average molecular weight is 182 g/mol. The van der Waals surface area contributed by atoms with E-state index in [1.165, 1.54) is 6.42 Å². The van der Waals surface area contributed by atoms with Gasteiger partial charge in [-0.2, -0.15) is 0 Å². The Kier molecular flexibility index (Phi) is 2.49. The maximum atomic E-state index is 5.32. The smallest absolute Gasteiger partial charge is 0.160 e. The minimum atomic E-state index is 0.670. The molecule has 0 saturated carbocycles. The first-order valence-electron chi connectivity index (χ1n) is 4.18. The number of pyridine rings is 1. The van der Waals surface area contributed by atoms with Crippen molar-refractivity contribution >= 4 is 0 Å². The second-order valence-corrected chi connectivity index (χ2v) is 2.71. The predicted octanol–water partition coefficient (Wildman–Crippen LogP) is 1.80. The zero-order valence-corrected chi connectivity index (χ0v) is 7.46.